The van der Waals surface area contributed by atoms with Gasteiger partial charge in [0, 0.05) is 37.3 Å². The van der Waals surface area contributed by atoms with Crippen molar-refractivity contribution in [1.29, 1.82) is 5.26 Å². The second-order valence-corrected chi connectivity index (χ2v) is 10.9. The van der Waals surface area contributed by atoms with E-state index in [0.717, 1.165) is 65.4 Å². The Hall–Kier alpha value is -3.94. The minimum absolute atomic E-state index is 0.332. The van der Waals surface area contributed by atoms with Gasteiger partial charge >= 0.3 is 0 Å². The standard InChI is InChI=1S/C32H34N4O5/c1-32(24-6-3-5-21(17-24)19-33)40-28-8-4-7-25(30(28)41-32)22-11-13-35(14-12-22)20-29-34-26-10-9-23(31(37)38)18-27(26)36(29)15-16-39-2/h3-10,17-18,22,31,37-38H,11-16,20H2,1-2H3. The summed E-state index contributed by atoms with van der Waals surface area (Å²) in [7, 11) is 1.67. The van der Waals surface area contributed by atoms with Gasteiger partial charge in [0.05, 0.1) is 35.8 Å². The normalized spacial score (nSPS) is 19.2. The third kappa shape index (κ3) is 5.27. The number of para-hydroxylation sites is 1. The number of nitrogens with zero attached hydrogens (tertiary/aromatic N) is 4. The molecular formula is C32H34N4O5. The van der Waals surface area contributed by atoms with Gasteiger partial charge in [0.1, 0.15) is 5.82 Å². The summed E-state index contributed by atoms with van der Waals surface area (Å²) in [4.78, 5) is 7.30. The molecule has 1 atom stereocenters. The first-order chi connectivity index (χ1) is 19.9. The number of fused-ring (bicyclic) bond motifs is 2. The number of imidazole rings is 1. The van der Waals surface area contributed by atoms with E-state index in [1.54, 1.807) is 25.3 Å². The van der Waals surface area contributed by atoms with Crippen LogP contribution in [-0.2, 0) is 23.6 Å². The van der Waals surface area contributed by atoms with E-state index in [9.17, 15) is 15.5 Å². The summed E-state index contributed by atoms with van der Waals surface area (Å²) in [5, 5.41) is 28.7. The zero-order valence-electron chi connectivity index (χ0n) is 23.3. The van der Waals surface area contributed by atoms with Gasteiger partial charge in [-0.3, -0.25) is 4.90 Å². The first-order valence-corrected chi connectivity index (χ1v) is 14.0. The molecule has 6 rings (SSSR count). The number of likely N-dealkylation sites (tertiary alicyclic amines) is 1. The van der Waals surface area contributed by atoms with E-state index in [4.69, 9.17) is 19.2 Å². The monoisotopic (exact) mass is 554 g/mol. The molecule has 1 fully saturated rings. The van der Waals surface area contributed by atoms with E-state index in [1.807, 2.05) is 43.3 Å². The minimum Gasteiger partial charge on any atom is -0.445 e. The lowest BCUT2D eigenvalue weighted by atomic mass is 9.88. The number of aromatic nitrogens is 2. The molecule has 1 unspecified atom stereocenters. The Labute approximate surface area is 239 Å². The Morgan fingerprint density at radius 3 is 2.66 bits per heavy atom. The number of piperidine rings is 1. The summed E-state index contributed by atoms with van der Waals surface area (Å²) in [6, 6.07) is 21.0. The molecule has 4 aromatic rings. The van der Waals surface area contributed by atoms with Crippen LogP contribution in [0.4, 0.5) is 0 Å². The smallest absolute Gasteiger partial charge is 0.275 e. The topological polar surface area (TPSA) is 113 Å². The highest BCUT2D eigenvalue weighted by atomic mass is 16.7. The third-order valence-corrected chi connectivity index (χ3v) is 8.19. The number of methoxy groups -OCH3 is 1. The Balaban J connectivity index is 1.17. The lowest BCUT2D eigenvalue weighted by Crippen LogP contribution is -2.34. The van der Waals surface area contributed by atoms with Gasteiger partial charge < -0.3 is 29.0 Å². The Morgan fingerprint density at radius 2 is 1.90 bits per heavy atom. The van der Waals surface area contributed by atoms with Crippen molar-refractivity contribution in [3.05, 3.63) is 88.7 Å². The zero-order chi connectivity index (χ0) is 28.6. The molecule has 0 bridgehead atoms. The summed E-state index contributed by atoms with van der Waals surface area (Å²) in [6.07, 6.45) is 0.418. The molecule has 2 N–H and O–H groups in total. The lowest BCUT2D eigenvalue weighted by Gasteiger charge is -2.32. The van der Waals surface area contributed by atoms with E-state index in [-0.39, 0.29) is 0 Å². The average Bonchev–Trinajstić information content (AvgIpc) is 3.53. The Morgan fingerprint density at radius 1 is 1.10 bits per heavy atom. The molecule has 0 spiro atoms. The SMILES string of the molecule is COCCn1c(CN2CCC(c3cccc4c3OC(C)(c3cccc(C#N)c3)O4)CC2)nc2ccc(C(O)O)cc21. The summed E-state index contributed by atoms with van der Waals surface area (Å²) < 4.78 is 20.3. The predicted molar refractivity (Wildman–Crippen MR) is 152 cm³/mol. The van der Waals surface area contributed by atoms with Crippen molar-refractivity contribution in [3.8, 4) is 17.6 Å². The number of aliphatic hydroxyl groups is 2. The molecule has 0 amide bonds. The van der Waals surface area contributed by atoms with Gasteiger partial charge in [-0.2, -0.15) is 5.26 Å². The van der Waals surface area contributed by atoms with E-state index in [2.05, 4.69) is 21.6 Å². The highest BCUT2D eigenvalue weighted by Gasteiger charge is 2.41. The van der Waals surface area contributed by atoms with Gasteiger partial charge in [-0.1, -0.05) is 30.3 Å². The number of rotatable bonds is 8. The molecule has 1 aromatic heterocycles. The van der Waals surface area contributed by atoms with Gasteiger partial charge in [-0.05, 0) is 62.2 Å². The largest absolute Gasteiger partial charge is 0.445 e. The van der Waals surface area contributed by atoms with Crippen molar-refractivity contribution in [2.24, 2.45) is 0 Å². The van der Waals surface area contributed by atoms with Crippen molar-refractivity contribution in [2.45, 2.75) is 50.8 Å². The number of ether oxygens (including phenoxy) is 3. The van der Waals surface area contributed by atoms with Crippen LogP contribution in [0.2, 0.25) is 0 Å². The zero-order valence-corrected chi connectivity index (χ0v) is 23.3. The van der Waals surface area contributed by atoms with Crippen LogP contribution in [-0.4, -0.2) is 51.5 Å². The first-order valence-electron chi connectivity index (χ1n) is 14.0. The average molecular weight is 555 g/mol. The van der Waals surface area contributed by atoms with Crippen molar-refractivity contribution in [3.63, 3.8) is 0 Å². The molecular weight excluding hydrogens is 520 g/mol. The lowest BCUT2D eigenvalue weighted by molar-refractivity contribution is -0.0685. The minimum atomic E-state index is -1.53. The quantitative estimate of drug-likeness (QED) is 0.305. The van der Waals surface area contributed by atoms with Gasteiger partial charge in [0.25, 0.3) is 5.79 Å². The van der Waals surface area contributed by atoms with Crippen molar-refractivity contribution < 1.29 is 24.4 Å². The second kappa shape index (κ2) is 11.1. The molecule has 9 heteroatoms. The van der Waals surface area contributed by atoms with Crippen molar-refractivity contribution in [1.82, 2.24) is 14.5 Å². The van der Waals surface area contributed by atoms with Crippen molar-refractivity contribution >= 4 is 11.0 Å². The molecule has 212 valence electrons. The number of nitriles is 1. The Bertz CT molecular complexity index is 1600. The van der Waals surface area contributed by atoms with Gasteiger partial charge in [0.2, 0.25) is 0 Å². The van der Waals surface area contributed by atoms with Crippen LogP contribution >= 0.6 is 0 Å². The highest BCUT2D eigenvalue weighted by Crippen LogP contribution is 2.49. The summed E-state index contributed by atoms with van der Waals surface area (Å²) >= 11 is 0. The van der Waals surface area contributed by atoms with Crippen LogP contribution in [0.3, 0.4) is 0 Å². The van der Waals surface area contributed by atoms with Gasteiger partial charge in [-0.15, -0.1) is 0 Å². The fourth-order valence-electron chi connectivity index (χ4n) is 5.96. The van der Waals surface area contributed by atoms with Crippen LogP contribution < -0.4 is 9.47 Å². The number of hydrogen-bond donors (Lipinski definition) is 2. The molecule has 0 radical (unpaired) electrons. The molecule has 0 saturated carbocycles. The fourth-order valence-corrected chi connectivity index (χ4v) is 5.96. The molecule has 0 aliphatic carbocycles. The number of aliphatic hydroxyl groups excluding tert-OH is 1. The number of hydrogen-bond acceptors (Lipinski definition) is 8. The Kier molecular flexibility index (Phi) is 7.41. The maximum absolute atomic E-state index is 9.67. The molecule has 3 heterocycles. The van der Waals surface area contributed by atoms with Crippen LogP contribution in [0.25, 0.3) is 11.0 Å². The molecule has 1 saturated heterocycles. The van der Waals surface area contributed by atoms with Crippen molar-refractivity contribution in [2.75, 3.05) is 26.8 Å². The van der Waals surface area contributed by atoms with Crippen LogP contribution in [0, 0.1) is 11.3 Å². The molecule has 3 aromatic carbocycles. The maximum atomic E-state index is 9.67. The van der Waals surface area contributed by atoms with Crippen LogP contribution in [0.15, 0.2) is 60.7 Å². The van der Waals surface area contributed by atoms with E-state index in [0.29, 0.717) is 36.7 Å². The second-order valence-electron chi connectivity index (χ2n) is 10.9. The molecule has 41 heavy (non-hydrogen) atoms. The summed E-state index contributed by atoms with van der Waals surface area (Å²) in [6.45, 7) is 5.58. The molecule has 2 aliphatic rings. The predicted octanol–water partition coefficient (Wildman–Crippen LogP) is 4.56. The van der Waals surface area contributed by atoms with Gasteiger partial charge in [-0.25, -0.2) is 4.98 Å². The molecule has 2 aliphatic heterocycles. The van der Waals surface area contributed by atoms with Crippen LogP contribution in [0.1, 0.15) is 60.1 Å². The highest BCUT2D eigenvalue weighted by molar-refractivity contribution is 5.77. The van der Waals surface area contributed by atoms with E-state index >= 15 is 0 Å². The van der Waals surface area contributed by atoms with E-state index < -0.39 is 12.1 Å². The molecule has 9 nitrogen and oxygen atoms in total. The fraction of sp³-hybridized carbons (Fsp3) is 0.375. The third-order valence-electron chi connectivity index (χ3n) is 8.19. The summed E-state index contributed by atoms with van der Waals surface area (Å²) in [5.41, 5.74) is 4.68. The first kappa shape index (κ1) is 27.2. The maximum Gasteiger partial charge on any atom is 0.275 e. The number of benzene rings is 3. The van der Waals surface area contributed by atoms with E-state index in [1.165, 1.54) is 0 Å². The van der Waals surface area contributed by atoms with Gasteiger partial charge in [0.15, 0.2) is 17.8 Å². The summed E-state index contributed by atoms with van der Waals surface area (Å²) in [5.74, 6) is 1.80. The van der Waals surface area contributed by atoms with Crippen LogP contribution in [0.5, 0.6) is 11.5 Å².